The number of amides is 1. The summed E-state index contributed by atoms with van der Waals surface area (Å²) in [7, 11) is -3.01. The number of hydrogen-bond donors (Lipinski definition) is 0. The number of nitrogens with zero attached hydrogens (tertiary/aromatic N) is 2. The van der Waals surface area contributed by atoms with E-state index in [0.717, 1.165) is 12.0 Å². The minimum Gasteiger partial charge on any atom is -0.342 e. The Morgan fingerprint density at radius 1 is 1.32 bits per heavy atom. The van der Waals surface area contributed by atoms with Gasteiger partial charge >= 0.3 is 0 Å². The zero-order valence-corrected chi connectivity index (χ0v) is 16.4. The molecule has 0 aromatic heterocycles. The van der Waals surface area contributed by atoms with Crippen LogP contribution in [0, 0.1) is 12.8 Å². The topological polar surface area (TPSA) is 66.8 Å². The second kappa shape index (κ2) is 7.11. The molecule has 0 unspecified atom stereocenters. The summed E-state index contributed by atoms with van der Waals surface area (Å²) < 4.78 is 24.0. The number of aryl methyl sites for hydroxylation is 1. The predicted molar refractivity (Wildman–Crippen MR) is 102 cm³/mol. The molecule has 0 spiro atoms. The van der Waals surface area contributed by atoms with Crippen molar-refractivity contribution in [2.75, 3.05) is 11.5 Å². The van der Waals surface area contributed by atoms with Crippen LogP contribution in [0.4, 0.5) is 0 Å². The van der Waals surface area contributed by atoms with Crippen LogP contribution in [-0.2, 0) is 21.2 Å². The number of aliphatic imine (C=N–C) groups is 1. The van der Waals surface area contributed by atoms with Crippen molar-refractivity contribution in [1.29, 1.82) is 0 Å². The minimum absolute atomic E-state index is 0.0288. The molecule has 0 radical (unpaired) electrons. The van der Waals surface area contributed by atoms with Gasteiger partial charge < -0.3 is 4.90 Å². The minimum atomic E-state index is -3.01. The average Bonchev–Trinajstić information content (AvgIpc) is 3.01. The molecule has 1 aromatic carbocycles. The summed E-state index contributed by atoms with van der Waals surface area (Å²) in [5.41, 5.74) is 2.28. The summed E-state index contributed by atoms with van der Waals surface area (Å²) in [5.74, 6) is 0.0799. The third-order valence-corrected chi connectivity index (χ3v) is 8.14. The number of benzene rings is 1. The molecule has 2 heterocycles. The van der Waals surface area contributed by atoms with Gasteiger partial charge in [0.1, 0.15) is 0 Å². The molecule has 1 amide bonds. The van der Waals surface area contributed by atoms with Crippen LogP contribution in [0.1, 0.15) is 31.4 Å². The largest absolute Gasteiger partial charge is 0.342 e. The summed E-state index contributed by atoms with van der Waals surface area (Å²) in [6, 6.07) is 8.08. The number of carbonyl (C=O) groups excluding carboxylic acids is 1. The summed E-state index contributed by atoms with van der Waals surface area (Å²) in [5, 5.41) is 0.648. The normalized spacial score (nSPS) is 27.5. The van der Waals surface area contributed by atoms with Crippen LogP contribution < -0.4 is 0 Å². The molecule has 25 heavy (non-hydrogen) atoms. The Bertz CT molecular complexity index is 787. The Hall–Kier alpha value is -1.34. The van der Waals surface area contributed by atoms with E-state index in [1.165, 1.54) is 17.3 Å². The van der Waals surface area contributed by atoms with Crippen LogP contribution in [0.2, 0.25) is 0 Å². The third kappa shape index (κ3) is 4.08. The van der Waals surface area contributed by atoms with Gasteiger partial charge in [0.05, 0.1) is 17.5 Å². The van der Waals surface area contributed by atoms with Gasteiger partial charge in [-0.05, 0) is 18.9 Å². The second-order valence-corrected chi connectivity index (χ2v) is 10.3. The number of fused-ring (bicyclic) bond motifs is 1. The molecular formula is C18H24N2O3S2. The van der Waals surface area contributed by atoms with Crippen molar-refractivity contribution in [3.63, 3.8) is 0 Å². The van der Waals surface area contributed by atoms with E-state index < -0.39 is 9.84 Å². The molecule has 136 valence electrons. The van der Waals surface area contributed by atoms with Gasteiger partial charge in [-0.25, -0.2) is 8.42 Å². The van der Waals surface area contributed by atoms with Gasteiger partial charge in [-0.1, -0.05) is 55.4 Å². The molecule has 0 saturated carbocycles. The first-order chi connectivity index (χ1) is 11.8. The smallest absolute Gasteiger partial charge is 0.250 e. The summed E-state index contributed by atoms with van der Waals surface area (Å²) in [6.45, 7) is 6.46. The molecule has 0 bridgehead atoms. The van der Waals surface area contributed by atoms with Crippen molar-refractivity contribution in [3.8, 4) is 0 Å². The van der Waals surface area contributed by atoms with Gasteiger partial charge in [0.2, 0.25) is 0 Å². The van der Waals surface area contributed by atoms with E-state index in [2.05, 4.69) is 4.99 Å². The lowest BCUT2D eigenvalue weighted by molar-refractivity contribution is -0.121. The molecule has 5 nitrogen and oxygen atoms in total. The summed E-state index contributed by atoms with van der Waals surface area (Å²) >= 11 is 1.45. The molecule has 0 aliphatic carbocycles. The first-order valence-corrected chi connectivity index (χ1v) is 11.3. The Morgan fingerprint density at radius 2 is 2.00 bits per heavy atom. The van der Waals surface area contributed by atoms with E-state index in [1.54, 1.807) is 0 Å². The van der Waals surface area contributed by atoms with Crippen molar-refractivity contribution in [2.24, 2.45) is 10.9 Å². The molecule has 2 aliphatic heterocycles. The highest BCUT2D eigenvalue weighted by molar-refractivity contribution is 8.15. The van der Waals surface area contributed by atoms with E-state index in [9.17, 15) is 13.2 Å². The molecule has 3 atom stereocenters. The zero-order valence-electron chi connectivity index (χ0n) is 14.8. The monoisotopic (exact) mass is 380 g/mol. The zero-order chi connectivity index (χ0) is 18.2. The van der Waals surface area contributed by atoms with E-state index >= 15 is 0 Å². The van der Waals surface area contributed by atoms with Gasteiger partial charge in [0.15, 0.2) is 15.0 Å². The van der Waals surface area contributed by atoms with Crippen LogP contribution in [0.3, 0.4) is 0 Å². The first kappa shape index (κ1) is 18.5. The number of amidine groups is 1. The number of thioether (sulfide) groups is 1. The van der Waals surface area contributed by atoms with Crippen molar-refractivity contribution in [2.45, 2.75) is 45.0 Å². The van der Waals surface area contributed by atoms with Crippen molar-refractivity contribution < 1.29 is 13.2 Å². The quantitative estimate of drug-likeness (QED) is 0.803. The van der Waals surface area contributed by atoms with E-state index in [0.29, 0.717) is 11.7 Å². The highest BCUT2D eigenvalue weighted by Crippen LogP contribution is 2.39. The Morgan fingerprint density at radius 3 is 2.64 bits per heavy atom. The number of rotatable bonds is 4. The fourth-order valence-electron chi connectivity index (χ4n) is 3.09. The van der Waals surface area contributed by atoms with E-state index in [-0.39, 0.29) is 34.6 Å². The van der Waals surface area contributed by atoms with Gasteiger partial charge in [-0.3, -0.25) is 4.79 Å². The predicted octanol–water partition coefficient (Wildman–Crippen LogP) is 2.64. The van der Waals surface area contributed by atoms with Crippen LogP contribution in [0.15, 0.2) is 29.3 Å². The lowest BCUT2D eigenvalue weighted by Crippen LogP contribution is -2.37. The second-order valence-electron chi connectivity index (χ2n) is 6.96. The molecule has 3 rings (SSSR count). The molecule has 0 N–H and O–H groups in total. The third-order valence-electron chi connectivity index (χ3n) is 4.89. The van der Waals surface area contributed by atoms with E-state index in [1.807, 2.05) is 49.9 Å². The fraction of sp³-hybridized carbons (Fsp3) is 0.556. The van der Waals surface area contributed by atoms with Crippen LogP contribution in [-0.4, -0.2) is 47.2 Å². The maximum atomic E-state index is 12.3. The Kier molecular flexibility index (Phi) is 5.25. The average molecular weight is 381 g/mol. The van der Waals surface area contributed by atoms with Crippen molar-refractivity contribution in [3.05, 3.63) is 35.4 Å². The fourth-order valence-corrected chi connectivity index (χ4v) is 7.05. The molecule has 2 fully saturated rings. The number of hydrogen-bond acceptors (Lipinski definition) is 4. The lowest BCUT2D eigenvalue weighted by atomic mass is 10.1. The van der Waals surface area contributed by atoms with Gasteiger partial charge in [0, 0.05) is 17.7 Å². The Balaban J connectivity index is 1.88. The van der Waals surface area contributed by atoms with Crippen LogP contribution >= 0.6 is 11.8 Å². The molecule has 7 heteroatoms. The maximum Gasteiger partial charge on any atom is 0.250 e. The summed E-state index contributed by atoms with van der Waals surface area (Å²) in [6.07, 6.45) is 0.749. The summed E-state index contributed by atoms with van der Waals surface area (Å²) in [4.78, 5) is 18.6. The van der Waals surface area contributed by atoms with Crippen LogP contribution in [0.5, 0.6) is 0 Å². The van der Waals surface area contributed by atoms with Gasteiger partial charge in [0.25, 0.3) is 5.91 Å². The molecule has 2 saturated heterocycles. The number of carbonyl (C=O) groups is 1. The first-order valence-electron chi connectivity index (χ1n) is 8.61. The lowest BCUT2D eigenvalue weighted by Gasteiger charge is -2.24. The maximum absolute atomic E-state index is 12.3. The van der Waals surface area contributed by atoms with Crippen LogP contribution in [0.25, 0.3) is 0 Å². The highest BCUT2D eigenvalue weighted by Gasteiger charge is 2.48. The van der Waals surface area contributed by atoms with Gasteiger partial charge in [-0.15, -0.1) is 0 Å². The van der Waals surface area contributed by atoms with Crippen molar-refractivity contribution in [1.82, 2.24) is 4.90 Å². The highest BCUT2D eigenvalue weighted by atomic mass is 32.2. The molecular weight excluding hydrogens is 356 g/mol. The molecule has 1 aromatic rings. The SMILES string of the molecule is CC[C@H](C)C(=O)N=C1S[C@@H]2CS(=O)(=O)C[C@H]2N1Cc1ccc(C)cc1. The standard InChI is InChI=1S/C18H24N2O3S2/c1-4-13(3)17(21)19-18-20(9-14-7-5-12(2)6-8-14)15-10-25(22,23)11-16(15)24-18/h5-8,13,15-16H,4,9-11H2,1-3H3/t13-,15+,16+/m0/s1. The van der Waals surface area contributed by atoms with Gasteiger partial charge in [-0.2, -0.15) is 4.99 Å². The molecule has 2 aliphatic rings. The van der Waals surface area contributed by atoms with Crippen molar-refractivity contribution >= 4 is 32.7 Å². The van der Waals surface area contributed by atoms with E-state index in [4.69, 9.17) is 0 Å². The Labute approximate surface area is 153 Å². The number of sulfone groups is 1.